The molecule has 64 valence electrons. The van der Waals surface area contributed by atoms with Crippen LogP contribution in [-0.2, 0) is 15.3 Å². The Hall–Kier alpha value is 2.08. The van der Waals surface area contributed by atoms with Crippen molar-refractivity contribution in [3.63, 3.8) is 0 Å². The Labute approximate surface area is 116 Å². The average molecular weight is 334 g/mol. The Balaban J connectivity index is -0.0000000457. The zero-order valence-corrected chi connectivity index (χ0v) is 13.6. The van der Waals surface area contributed by atoms with Crippen molar-refractivity contribution in [2.24, 2.45) is 0 Å². The Kier molecular flexibility index (Phi) is 19.0. The summed E-state index contributed by atoms with van der Waals surface area (Å²) in [6.45, 7) is 0. The summed E-state index contributed by atoms with van der Waals surface area (Å²) in [5.74, 6) is 0. The molecule has 0 bridgehead atoms. The van der Waals surface area contributed by atoms with Crippen molar-refractivity contribution in [1.82, 2.24) is 0 Å². The molecule has 0 amide bonds. The van der Waals surface area contributed by atoms with E-state index in [2.05, 4.69) is 0 Å². The van der Waals surface area contributed by atoms with Crippen LogP contribution in [0.15, 0.2) is 0 Å². The van der Waals surface area contributed by atoms with Crippen LogP contribution in [0.1, 0.15) is 0 Å². The van der Waals surface area contributed by atoms with Crippen molar-refractivity contribution in [3.05, 3.63) is 0 Å². The molecule has 0 rings (SSSR count). The second kappa shape index (κ2) is 9.63. The van der Waals surface area contributed by atoms with Gasteiger partial charge in [-0.05, 0) is 0 Å². The number of hydrogen-bond acceptors (Lipinski definition) is 6. The van der Waals surface area contributed by atoms with Gasteiger partial charge in [-0.2, -0.15) is 0 Å². The first-order chi connectivity index (χ1) is 4.00. The largest absolute Gasteiger partial charge is 1.00 e. The zero-order chi connectivity index (χ0) is 9.00. The third kappa shape index (κ3) is 343. The second-order valence-electron chi connectivity index (χ2n) is 0.856. The molecular weight excluding hydrogens is 332 g/mol. The van der Waals surface area contributed by atoms with Gasteiger partial charge in [0.05, 0.1) is 0 Å². The molecule has 0 radical (unpaired) electrons. The van der Waals surface area contributed by atoms with Crippen molar-refractivity contribution in [1.29, 1.82) is 0 Å². The smallest absolute Gasteiger partial charge is 1.00 e. The third-order valence-electron chi connectivity index (χ3n) is 0. The molecule has 12 heavy (non-hydrogen) atoms. The standard InChI is InChI=1S/2Na.2H2O4Se/c;;2*1-5(2,3)4/h;;2*(H2,1,2,3,4)/q2*+1;;/p-2. The molecule has 0 aromatic rings. The first kappa shape index (κ1) is 23.7. The second-order valence-corrected chi connectivity index (χ2v) is 4.45. The maximum absolute atomic E-state index is 8.82. The van der Waals surface area contributed by atoms with Gasteiger partial charge in [-0.1, -0.05) is 0 Å². The van der Waals surface area contributed by atoms with Gasteiger partial charge in [0.1, 0.15) is 0 Å². The zero-order valence-electron chi connectivity index (χ0n) is 6.16. The summed E-state index contributed by atoms with van der Waals surface area (Å²) in [5.41, 5.74) is 0. The minimum atomic E-state index is -5.75. The molecule has 0 aliphatic rings. The SMILES string of the molecule is O=[Se](=O)(O)O.O=[Se](=O)([O-])[O-].[Na+].[Na+]. The van der Waals surface area contributed by atoms with Crippen molar-refractivity contribution in [2.45, 2.75) is 0 Å². The van der Waals surface area contributed by atoms with E-state index in [0.29, 0.717) is 0 Å². The van der Waals surface area contributed by atoms with Crippen LogP contribution in [0.4, 0.5) is 0 Å². The van der Waals surface area contributed by atoms with E-state index in [1.165, 1.54) is 0 Å². The van der Waals surface area contributed by atoms with E-state index in [0.717, 1.165) is 0 Å². The van der Waals surface area contributed by atoms with Crippen LogP contribution >= 0.6 is 0 Å². The van der Waals surface area contributed by atoms with Crippen LogP contribution in [0.25, 0.3) is 0 Å². The Morgan fingerprint density at radius 1 is 0.833 bits per heavy atom. The molecule has 0 aliphatic heterocycles. The molecule has 0 fully saturated rings. The summed E-state index contributed by atoms with van der Waals surface area (Å²) in [5, 5.41) is 0. The topological polar surface area (TPSA) is 155 Å². The van der Waals surface area contributed by atoms with Gasteiger partial charge in [-0.25, -0.2) is 0 Å². The molecule has 0 saturated heterocycles. The monoisotopic (exact) mass is 336 g/mol. The first-order valence-corrected chi connectivity index (χ1v) is 7.09. The predicted octanol–water partition coefficient (Wildman–Crippen LogP) is -10.7. The van der Waals surface area contributed by atoms with Gasteiger partial charge < -0.3 is 0 Å². The number of hydrogen-bond donors (Lipinski definition) is 2. The Morgan fingerprint density at radius 2 is 0.833 bits per heavy atom. The minimum absolute atomic E-state index is 0. The molecule has 0 heterocycles. The minimum Gasteiger partial charge on any atom is 1.00 e. The summed E-state index contributed by atoms with van der Waals surface area (Å²) in [4.78, 5) is 0. The van der Waals surface area contributed by atoms with Crippen molar-refractivity contribution in [3.8, 4) is 0 Å². The Bertz CT molecular complexity index is 211. The Morgan fingerprint density at radius 3 is 0.833 bits per heavy atom. The van der Waals surface area contributed by atoms with Crippen LogP contribution in [0.5, 0.6) is 0 Å². The van der Waals surface area contributed by atoms with Crippen LogP contribution in [0.3, 0.4) is 0 Å². The molecule has 0 saturated carbocycles. The molecule has 0 aromatic carbocycles. The van der Waals surface area contributed by atoms with Crippen molar-refractivity contribution < 1.29 is 91.2 Å². The van der Waals surface area contributed by atoms with Crippen molar-refractivity contribution >= 4 is 26.7 Å². The van der Waals surface area contributed by atoms with E-state index < -0.39 is 26.7 Å². The van der Waals surface area contributed by atoms with Gasteiger partial charge in [-0.3, -0.25) is 0 Å². The summed E-state index contributed by atoms with van der Waals surface area (Å²) in [7, 11) is 0. The van der Waals surface area contributed by atoms with Gasteiger partial charge in [0, 0.05) is 0 Å². The van der Waals surface area contributed by atoms with E-state index in [1.807, 2.05) is 0 Å². The molecular formula is H2Na2O8Se2. The van der Waals surface area contributed by atoms with Gasteiger partial charge >= 0.3 is 118 Å². The van der Waals surface area contributed by atoms with Gasteiger partial charge in [0.15, 0.2) is 0 Å². The van der Waals surface area contributed by atoms with Crippen LogP contribution in [0, 0.1) is 0 Å². The van der Waals surface area contributed by atoms with E-state index >= 15 is 0 Å². The maximum Gasteiger partial charge on any atom is 1.00 e. The molecule has 0 aliphatic carbocycles. The van der Waals surface area contributed by atoms with Crippen LogP contribution in [-0.4, -0.2) is 35.1 Å². The van der Waals surface area contributed by atoms with Gasteiger partial charge in [-0.15, -0.1) is 0 Å². The molecule has 0 spiro atoms. The first-order valence-electron chi connectivity index (χ1n) is 1.37. The number of rotatable bonds is 0. The van der Waals surface area contributed by atoms with Gasteiger partial charge in [0.2, 0.25) is 0 Å². The summed E-state index contributed by atoms with van der Waals surface area (Å²) >= 11 is -11.0. The van der Waals surface area contributed by atoms with E-state index in [1.54, 1.807) is 0 Å². The molecule has 0 unspecified atom stereocenters. The van der Waals surface area contributed by atoms with E-state index in [-0.39, 0.29) is 59.1 Å². The van der Waals surface area contributed by atoms with Gasteiger partial charge in [0.25, 0.3) is 0 Å². The fraction of sp³-hybridized carbons (Fsp3) is 0. The average Bonchev–Trinajstić information content (AvgIpc) is 1.12. The molecule has 12 heteroatoms. The van der Waals surface area contributed by atoms with Crippen LogP contribution < -0.4 is 67.5 Å². The molecule has 0 aromatic heterocycles. The third-order valence-corrected chi connectivity index (χ3v) is 0. The molecule has 0 atom stereocenters. The fourth-order valence-corrected chi connectivity index (χ4v) is 0. The quantitative estimate of drug-likeness (QED) is 0.414. The summed E-state index contributed by atoms with van der Waals surface area (Å²) < 4.78 is 66.2. The predicted molar refractivity (Wildman–Crippen MR) is 18.7 cm³/mol. The van der Waals surface area contributed by atoms with E-state index in [9.17, 15) is 0 Å². The summed E-state index contributed by atoms with van der Waals surface area (Å²) in [6, 6.07) is 0. The van der Waals surface area contributed by atoms with Crippen LogP contribution in [0.2, 0.25) is 0 Å². The summed E-state index contributed by atoms with van der Waals surface area (Å²) in [6.07, 6.45) is 0. The fourth-order valence-electron chi connectivity index (χ4n) is 0. The maximum atomic E-state index is 8.82. The normalized spacial score (nSPS) is 9.67. The molecule has 8 nitrogen and oxygen atoms in total. The molecule has 2 N–H and O–H groups in total. The van der Waals surface area contributed by atoms with E-state index in [4.69, 9.17) is 32.1 Å². The van der Waals surface area contributed by atoms with Crippen molar-refractivity contribution in [2.75, 3.05) is 0 Å².